The molecule has 4 nitrogen and oxygen atoms in total. The third-order valence-electron chi connectivity index (χ3n) is 1.74. The van der Waals surface area contributed by atoms with Gasteiger partial charge in [0, 0.05) is 6.42 Å². The van der Waals surface area contributed by atoms with E-state index in [1.54, 1.807) is 20.8 Å². The zero-order valence-corrected chi connectivity index (χ0v) is 11.7. The van der Waals surface area contributed by atoms with Crippen LogP contribution < -0.4 is 0 Å². The molecule has 0 spiro atoms. The van der Waals surface area contributed by atoms with Crippen LogP contribution in [0.1, 0.15) is 47.0 Å². The van der Waals surface area contributed by atoms with Gasteiger partial charge in [-0.05, 0) is 27.2 Å². The summed E-state index contributed by atoms with van der Waals surface area (Å²) in [6.45, 7) is 7.22. The first kappa shape index (κ1) is 16.2. The molecule has 0 N–H and O–H groups in total. The summed E-state index contributed by atoms with van der Waals surface area (Å²) in [5, 5.41) is 0. The minimum Gasteiger partial charge on any atom is -0.460 e. The fraction of sp³-hybridized carbons (Fsp3) is 0.833. The van der Waals surface area contributed by atoms with Crippen molar-refractivity contribution >= 4 is 23.5 Å². The maximum atomic E-state index is 11.5. The molecule has 100 valence electrons. The van der Waals surface area contributed by atoms with E-state index in [9.17, 15) is 9.59 Å². The molecule has 0 aromatic carbocycles. The number of halogens is 1. The molecule has 0 bridgehead atoms. The quantitative estimate of drug-likeness (QED) is 0.547. The van der Waals surface area contributed by atoms with E-state index < -0.39 is 17.7 Å². The summed E-state index contributed by atoms with van der Waals surface area (Å²) in [5.41, 5.74) is -0.540. The Balaban J connectivity index is 4.13. The second-order valence-corrected chi connectivity index (χ2v) is 5.12. The van der Waals surface area contributed by atoms with Gasteiger partial charge in [-0.15, -0.1) is 11.6 Å². The van der Waals surface area contributed by atoms with Crippen molar-refractivity contribution in [2.24, 2.45) is 0 Å². The van der Waals surface area contributed by atoms with Gasteiger partial charge in [-0.25, -0.2) is 0 Å². The Labute approximate surface area is 108 Å². The Morgan fingerprint density at radius 2 is 1.82 bits per heavy atom. The monoisotopic (exact) mass is 264 g/mol. The molecule has 0 rings (SSSR count). The largest absolute Gasteiger partial charge is 0.460 e. The van der Waals surface area contributed by atoms with E-state index in [1.807, 2.05) is 6.92 Å². The third-order valence-corrected chi connectivity index (χ3v) is 2.08. The smallest absolute Gasteiger partial charge is 0.310 e. The molecular weight excluding hydrogens is 244 g/mol. The van der Waals surface area contributed by atoms with Gasteiger partial charge >= 0.3 is 11.9 Å². The fourth-order valence-electron chi connectivity index (χ4n) is 1.15. The van der Waals surface area contributed by atoms with Crippen LogP contribution in [0.25, 0.3) is 0 Å². The maximum Gasteiger partial charge on any atom is 0.310 e. The van der Waals surface area contributed by atoms with Crippen LogP contribution in [0.4, 0.5) is 0 Å². The zero-order valence-electron chi connectivity index (χ0n) is 10.9. The van der Waals surface area contributed by atoms with Crippen LogP contribution in [0.3, 0.4) is 0 Å². The summed E-state index contributed by atoms with van der Waals surface area (Å²) >= 11 is 5.64. The normalized spacial score (nSPS) is 13.0. The fourth-order valence-corrected chi connectivity index (χ4v) is 1.32. The lowest BCUT2D eigenvalue weighted by Gasteiger charge is -2.21. The van der Waals surface area contributed by atoms with Gasteiger partial charge in [-0.1, -0.05) is 6.92 Å². The van der Waals surface area contributed by atoms with Crippen molar-refractivity contribution in [2.75, 3.05) is 5.88 Å². The molecule has 0 heterocycles. The summed E-state index contributed by atoms with van der Waals surface area (Å²) in [4.78, 5) is 22.7. The first-order valence-electron chi connectivity index (χ1n) is 5.75. The summed E-state index contributed by atoms with van der Waals surface area (Å²) in [5.74, 6) is -0.650. The van der Waals surface area contributed by atoms with Gasteiger partial charge in [0.1, 0.15) is 11.7 Å². The summed E-state index contributed by atoms with van der Waals surface area (Å²) in [6.07, 6.45) is 0.434. The molecule has 0 aliphatic rings. The van der Waals surface area contributed by atoms with Crippen molar-refractivity contribution < 1.29 is 19.1 Å². The average molecular weight is 265 g/mol. The van der Waals surface area contributed by atoms with E-state index in [4.69, 9.17) is 21.1 Å². The van der Waals surface area contributed by atoms with Crippen LogP contribution in [0.2, 0.25) is 0 Å². The topological polar surface area (TPSA) is 52.6 Å². The van der Waals surface area contributed by atoms with Gasteiger partial charge in [0.15, 0.2) is 0 Å². The van der Waals surface area contributed by atoms with Crippen LogP contribution in [0, 0.1) is 0 Å². The van der Waals surface area contributed by atoms with E-state index >= 15 is 0 Å². The number of alkyl halides is 1. The van der Waals surface area contributed by atoms with E-state index in [2.05, 4.69) is 0 Å². The Hall–Kier alpha value is -0.770. The molecule has 0 aliphatic carbocycles. The second kappa shape index (κ2) is 7.54. The number of ether oxygens (including phenoxy) is 2. The molecule has 0 radical (unpaired) electrons. The highest BCUT2D eigenvalue weighted by molar-refractivity contribution is 6.18. The van der Waals surface area contributed by atoms with Gasteiger partial charge in [0.2, 0.25) is 0 Å². The SMILES string of the molecule is CCCC(=O)OC(CCl)CC(=O)OC(C)(C)C. The number of carbonyl (C=O) groups is 2. The lowest BCUT2D eigenvalue weighted by molar-refractivity contribution is -0.160. The van der Waals surface area contributed by atoms with Crippen molar-refractivity contribution in [1.82, 2.24) is 0 Å². The van der Waals surface area contributed by atoms with Crippen LogP contribution in [0.5, 0.6) is 0 Å². The molecular formula is C12H21ClO4. The van der Waals surface area contributed by atoms with Crippen molar-refractivity contribution in [2.45, 2.75) is 58.7 Å². The van der Waals surface area contributed by atoms with Gasteiger partial charge in [0.25, 0.3) is 0 Å². The molecule has 0 aromatic rings. The van der Waals surface area contributed by atoms with Crippen LogP contribution in [-0.2, 0) is 19.1 Å². The van der Waals surface area contributed by atoms with Crippen LogP contribution in [0.15, 0.2) is 0 Å². The average Bonchev–Trinajstić information content (AvgIpc) is 2.13. The minimum absolute atomic E-state index is 0.00375. The zero-order chi connectivity index (χ0) is 13.5. The molecule has 1 atom stereocenters. The predicted octanol–water partition coefficient (Wildman–Crippen LogP) is 2.67. The van der Waals surface area contributed by atoms with Crippen LogP contribution in [-0.4, -0.2) is 29.5 Å². The molecule has 1 unspecified atom stereocenters. The van der Waals surface area contributed by atoms with Crippen molar-refractivity contribution in [3.63, 3.8) is 0 Å². The molecule has 0 fully saturated rings. The van der Waals surface area contributed by atoms with Crippen LogP contribution >= 0.6 is 11.6 Å². The van der Waals surface area contributed by atoms with Crippen molar-refractivity contribution in [3.05, 3.63) is 0 Å². The number of esters is 2. The molecule has 0 saturated heterocycles. The highest BCUT2D eigenvalue weighted by atomic mass is 35.5. The lowest BCUT2D eigenvalue weighted by atomic mass is 10.2. The van der Waals surface area contributed by atoms with Crippen molar-refractivity contribution in [3.8, 4) is 0 Å². The molecule has 0 amide bonds. The number of carbonyl (C=O) groups excluding carboxylic acids is 2. The number of hydrogen-bond donors (Lipinski definition) is 0. The first-order chi connectivity index (χ1) is 7.78. The van der Waals surface area contributed by atoms with Gasteiger partial charge in [0.05, 0.1) is 12.3 Å². The molecule has 0 aliphatic heterocycles. The summed E-state index contributed by atoms with van der Waals surface area (Å²) in [6, 6.07) is 0. The van der Waals surface area contributed by atoms with E-state index in [1.165, 1.54) is 0 Å². The van der Waals surface area contributed by atoms with Gasteiger partial charge in [-0.3, -0.25) is 9.59 Å². The summed E-state index contributed by atoms with van der Waals surface area (Å²) in [7, 11) is 0. The number of hydrogen-bond acceptors (Lipinski definition) is 4. The number of rotatable bonds is 6. The maximum absolute atomic E-state index is 11.5. The lowest BCUT2D eigenvalue weighted by Crippen LogP contribution is -2.29. The molecule has 0 saturated carbocycles. The van der Waals surface area contributed by atoms with E-state index in [0.717, 1.165) is 0 Å². The highest BCUT2D eigenvalue weighted by Gasteiger charge is 2.22. The van der Waals surface area contributed by atoms with E-state index in [-0.39, 0.29) is 18.3 Å². The molecule has 5 heteroatoms. The third kappa shape index (κ3) is 8.98. The Bertz CT molecular complexity index is 258. The Morgan fingerprint density at radius 1 is 1.24 bits per heavy atom. The predicted molar refractivity (Wildman–Crippen MR) is 66.0 cm³/mol. The standard InChI is InChI=1S/C12H21ClO4/c1-5-6-10(14)16-9(8-13)7-11(15)17-12(2,3)4/h9H,5-8H2,1-4H3. The van der Waals surface area contributed by atoms with Gasteiger partial charge in [-0.2, -0.15) is 0 Å². The molecule has 0 aromatic heterocycles. The van der Waals surface area contributed by atoms with Crippen molar-refractivity contribution in [1.29, 1.82) is 0 Å². The Kier molecular flexibility index (Phi) is 7.19. The summed E-state index contributed by atoms with van der Waals surface area (Å²) < 4.78 is 10.2. The first-order valence-corrected chi connectivity index (χ1v) is 6.29. The molecule has 17 heavy (non-hydrogen) atoms. The minimum atomic E-state index is -0.606. The Morgan fingerprint density at radius 3 is 2.24 bits per heavy atom. The van der Waals surface area contributed by atoms with Gasteiger partial charge < -0.3 is 9.47 Å². The highest BCUT2D eigenvalue weighted by Crippen LogP contribution is 2.12. The second-order valence-electron chi connectivity index (χ2n) is 4.81. The van der Waals surface area contributed by atoms with E-state index in [0.29, 0.717) is 12.8 Å².